The average molecular weight is 469 g/mol. The van der Waals surface area contributed by atoms with Crippen LogP contribution >= 0.6 is 0 Å². The van der Waals surface area contributed by atoms with Crippen molar-refractivity contribution in [2.75, 3.05) is 18.5 Å². The van der Waals surface area contributed by atoms with Crippen LogP contribution in [0.15, 0.2) is 52.9 Å². The van der Waals surface area contributed by atoms with Gasteiger partial charge in [-0.05, 0) is 63.9 Å². The Bertz CT molecular complexity index is 1050. The van der Waals surface area contributed by atoms with Gasteiger partial charge in [0.05, 0.1) is 13.2 Å². The second-order valence-electron chi connectivity index (χ2n) is 8.82. The van der Waals surface area contributed by atoms with Crippen molar-refractivity contribution in [1.29, 1.82) is 0 Å². The minimum atomic E-state index is -0.691. The van der Waals surface area contributed by atoms with Crippen LogP contribution in [0, 0.1) is 0 Å². The fourth-order valence-electron chi connectivity index (χ4n) is 3.25. The number of oxazole rings is 1. The molecule has 1 atom stereocenters. The van der Waals surface area contributed by atoms with Crippen molar-refractivity contribution < 1.29 is 28.2 Å². The molecule has 0 radical (unpaired) electrons. The summed E-state index contributed by atoms with van der Waals surface area (Å²) in [5, 5.41) is 3.09. The fraction of sp³-hybridized carbons (Fsp3) is 0.423. The number of benzene rings is 2. The maximum absolute atomic E-state index is 12.9. The number of esters is 2. The van der Waals surface area contributed by atoms with Crippen LogP contribution < -0.4 is 10.1 Å². The van der Waals surface area contributed by atoms with Crippen molar-refractivity contribution in [3.63, 3.8) is 0 Å². The number of para-hydroxylation sites is 2. The molecule has 0 unspecified atom stereocenters. The highest BCUT2D eigenvalue weighted by Gasteiger charge is 2.27. The van der Waals surface area contributed by atoms with Gasteiger partial charge in [0.25, 0.3) is 6.01 Å². The van der Waals surface area contributed by atoms with E-state index in [1.807, 2.05) is 69.3 Å². The molecule has 3 aromatic rings. The topological polar surface area (TPSA) is 99.9 Å². The molecule has 0 aliphatic heterocycles. The van der Waals surface area contributed by atoms with Crippen LogP contribution in [0.25, 0.3) is 11.1 Å². The van der Waals surface area contributed by atoms with Crippen molar-refractivity contribution >= 4 is 29.1 Å². The Labute approximate surface area is 199 Å². The molecular weight excluding hydrogens is 436 g/mol. The third-order valence-electron chi connectivity index (χ3n) is 4.75. The summed E-state index contributed by atoms with van der Waals surface area (Å²) in [6.45, 7) is 8.07. The fourth-order valence-corrected chi connectivity index (χ4v) is 3.25. The van der Waals surface area contributed by atoms with Gasteiger partial charge in [0.15, 0.2) is 5.58 Å². The molecular formula is C26H32N2O6. The van der Waals surface area contributed by atoms with Gasteiger partial charge < -0.3 is 23.9 Å². The first kappa shape index (κ1) is 25.1. The molecule has 0 aliphatic rings. The number of hydrogen-bond acceptors (Lipinski definition) is 8. The van der Waals surface area contributed by atoms with Gasteiger partial charge in [-0.15, -0.1) is 0 Å². The van der Waals surface area contributed by atoms with E-state index in [9.17, 15) is 9.59 Å². The second kappa shape index (κ2) is 11.5. The quantitative estimate of drug-likeness (QED) is 0.313. The Balaban J connectivity index is 1.63. The first-order chi connectivity index (χ1) is 16.2. The van der Waals surface area contributed by atoms with Gasteiger partial charge >= 0.3 is 11.9 Å². The predicted molar refractivity (Wildman–Crippen MR) is 129 cm³/mol. The molecule has 0 spiro atoms. The van der Waals surface area contributed by atoms with Crippen LogP contribution in [-0.2, 0) is 25.5 Å². The monoisotopic (exact) mass is 468 g/mol. The number of fused-ring (bicyclic) bond motifs is 1. The minimum Gasteiger partial charge on any atom is -0.494 e. The molecule has 0 saturated heterocycles. The number of carbonyl (C=O) groups excluding carboxylic acids is 2. The zero-order valence-corrected chi connectivity index (χ0v) is 20.1. The summed E-state index contributed by atoms with van der Waals surface area (Å²) in [4.78, 5) is 28.7. The van der Waals surface area contributed by atoms with Crippen molar-refractivity contribution in [1.82, 2.24) is 4.98 Å². The molecule has 0 aliphatic carbocycles. The summed E-state index contributed by atoms with van der Waals surface area (Å²) in [5.74, 6) is 0.0726. The summed E-state index contributed by atoms with van der Waals surface area (Å²) in [7, 11) is 0. The van der Waals surface area contributed by atoms with Crippen LogP contribution in [0.4, 0.5) is 6.01 Å². The Morgan fingerprint density at radius 1 is 1.09 bits per heavy atom. The number of carbonyl (C=O) groups is 2. The lowest BCUT2D eigenvalue weighted by molar-refractivity contribution is -0.155. The summed E-state index contributed by atoms with van der Waals surface area (Å²) in [6.07, 6.45) is 1.28. The predicted octanol–water partition coefficient (Wildman–Crippen LogP) is 4.91. The number of nitrogens with zero attached hydrogens (tertiary/aromatic N) is 1. The normalized spacial score (nSPS) is 12.2. The summed E-state index contributed by atoms with van der Waals surface area (Å²) >= 11 is 0. The van der Waals surface area contributed by atoms with Crippen molar-refractivity contribution in [3.05, 3.63) is 54.1 Å². The first-order valence-electron chi connectivity index (χ1n) is 11.5. The van der Waals surface area contributed by atoms with E-state index in [1.165, 1.54) is 0 Å². The third kappa shape index (κ3) is 7.79. The molecule has 8 heteroatoms. The standard InChI is InChI=1S/C26H32N2O6/c1-5-31-23(29)11-8-16-32-19-14-12-18(13-15-19)17-21(24(30)34-26(2,3)4)28-25-27-20-9-6-7-10-22(20)33-25/h6-7,9-10,12-15,21H,5,8,11,16-17H2,1-4H3,(H,27,28)/t21-/m0/s1. The Kier molecular flexibility index (Phi) is 8.51. The number of aromatic nitrogens is 1. The van der Waals surface area contributed by atoms with Gasteiger partial charge in [-0.2, -0.15) is 4.98 Å². The van der Waals surface area contributed by atoms with E-state index >= 15 is 0 Å². The zero-order chi connectivity index (χ0) is 24.6. The molecule has 8 nitrogen and oxygen atoms in total. The number of ether oxygens (including phenoxy) is 3. The molecule has 34 heavy (non-hydrogen) atoms. The number of rotatable bonds is 11. The smallest absolute Gasteiger partial charge is 0.329 e. The van der Waals surface area contributed by atoms with Crippen LogP contribution in [-0.4, -0.2) is 41.8 Å². The van der Waals surface area contributed by atoms with E-state index in [-0.39, 0.29) is 12.0 Å². The van der Waals surface area contributed by atoms with E-state index in [0.717, 1.165) is 5.56 Å². The van der Waals surface area contributed by atoms with Gasteiger partial charge in [-0.1, -0.05) is 24.3 Å². The van der Waals surface area contributed by atoms with E-state index < -0.39 is 17.6 Å². The third-order valence-corrected chi connectivity index (χ3v) is 4.75. The summed E-state index contributed by atoms with van der Waals surface area (Å²) in [6, 6.07) is 14.4. The van der Waals surface area contributed by atoms with E-state index in [0.29, 0.717) is 49.3 Å². The van der Waals surface area contributed by atoms with Gasteiger partial charge in [-0.25, -0.2) is 4.79 Å². The highest BCUT2D eigenvalue weighted by atomic mass is 16.6. The number of anilines is 1. The maximum Gasteiger partial charge on any atom is 0.329 e. The zero-order valence-electron chi connectivity index (χ0n) is 20.1. The maximum atomic E-state index is 12.9. The van der Waals surface area contributed by atoms with Crippen LogP contribution in [0.2, 0.25) is 0 Å². The summed E-state index contributed by atoms with van der Waals surface area (Å²) in [5.41, 5.74) is 1.63. The Morgan fingerprint density at radius 2 is 1.82 bits per heavy atom. The van der Waals surface area contributed by atoms with Gasteiger partial charge in [-0.3, -0.25) is 4.79 Å². The Hall–Kier alpha value is -3.55. The lowest BCUT2D eigenvalue weighted by Gasteiger charge is -2.24. The second-order valence-corrected chi connectivity index (χ2v) is 8.82. The van der Waals surface area contributed by atoms with Crippen molar-refractivity contribution in [2.45, 2.75) is 58.6 Å². The van der Waals surface area contributed by atoms with E-state index in [2.05, 4.69) is 10.3 Å². The molecule has 0 fully saturated rings. The highest BCUT2D eigenvalue weighted by molar-refractivity contribution is 5.80. The SMILES string of the molecule is CCOC(=O)CCCOc1ccc(C[C@H](Nc2nc3ccccc3o2)C(=O)OC(C)(C)C)cc1. The molecule has 0 amide bonds. The lowest BCUT2D eigenvalue weighted by atomic mass is 10.1. The van der Waals surface area contributed by atoms with E-state index in [4.69, 9.17) is 18.6 Å². The number of hydrogen-bond donors (Lipinski definition) is 1. The molecule has 0 saturated carbocycles. The van der Waals surface area contributed by atoms with Crippen LogP contribution in [0.1, 0.15) is 46.1 Å². The Morgan fingerprint density at radius 3 is 2.50 bits per heavy atom. The average Bonchev–Trinajstić information content (AvgIpc) is 3.19. The first-order valence-corrected chi connectivity index (χ1v) is 11.5. The minimum absolute atomic E-state index is 0.221. The molecule has 1 heterocycles. The van der Waals surface area contributed by atoms with E-state index in [1.54, 1.807) is 6.92 Å². The highest BCUT2D eigenvalue weighted by Crippen LogP contribution is 2.21. The number of nitrogens with one attached hydrogen (secondary N) is 1. The molecule has 3 rings (SSSR count). The molecule has 182 valence electrons. The van der Waals surface area contributed by atoms with Crippen molar-refractivity contribution in [3.8, 4) is 5.75 Å². The molecule has 1 aromatic heterocycles. The molecule has 0 bridgehead atoms. The van der Waals surface area contributed by atoms with Crippen LogP contribution in [0.5, 0.6) is 5.75 Å². The van der Waals surface area contributed by atoms with Crippen LogP contribution in [0.3, 0.4) is 0 Å². The molecule has 2 aromatic carbocycles. The van der Waals surface area contributed by atoms with Gasteiger partial charge in [0.2, 0.25) is 0 Å². The largest absolute Gasteiger partial charge is 0.494 e. The van der Waals surface area contributed by atoms with Gasteiger partial charge in [0, 0.05) is 12.8 Å². The summed E-state index contributed by atoms with van der Waals surface area (Å²) < 4.78 is 22.0. The lowest BCUT2D eigenvalue weighted by Crippen LogP contribution is -2.38. The molecule has 1 N–H and O–H groups in total. The van der Waals surface area contributed by atoms with Crippen molar-refractivity contribution in [2.24, 2.45) is 0 Å². The van der Waals surface area contributed by atoms with Gasteiger partial charge in [0.1, 0.15) is 22.9 Å².